The molecule has 128 valence electrons. The zero-order valence-electron chi connectivity index (χ0n) is 12.9. The number of hydrogen-bond acceptors (Lipinski definition) is 5. The van der Waals surface area contributed by atoms with Gasteiger partial charge in [-0.15, -0.1) is 0 Å². The molecule has 0 aromatic heterocycles. The molecule has 0 radical (unpaired) electrons. The smallest absolute Gasteiger partial charge is 0.416 e. The molecule has 0 atom stereocenters. The molecule has 0 saturated carbocycles. The summed E-state index contributed by atoms with van der Waals surface area (Å²) in [4.78, 5) is 22.5. The van der Waals surface area contributed by atoms with Crippen molar-refractivity contribution in [1.82, 2.24) is 0 Å². The summed E-state index contributed by atoms with van der Waals surface area (Å²) < 4.78 is 47.9. The standard InChI is InChI=1S/C14H16F3NO4S/c1-8(19)22-23-11-7-9(14(15,16)17)5-6-10(11)18-12(20)21-13(2,3)4/h5-7H,1-4H3,(H,18,20). The molecule has 0 aliphatic heterocycles. The SMILES string of the molecule is CC(=O)OSc1cc(C(F)(F)F)ccc1NC(=O)OC(C)(C)C. The monoisotopic (exact) mass is 351 g/mol. The van der Waals surface area contributed by atoms with E-state index in [0.717, 1.165) is 25.1 Å². The lowest BCUT2D eigenvalue weighted by atomic mass is 10.2. The third kappa shape index (κ3) is 6.81. The van der Waals surface area contributed by atoms with Crippen molar-refractivity contribution in [2.24, 2.45) is 0 Å². The molecule has 0 saturated heterocycles. The Labute approximate surface area is 135 Å². The molecule has 1 rings (SSSR count). The van der Waals surface area contributed by atoms with Gasteiger partial charge in [0.1, 0.15) is 5.60 Å². The number of ether oxygens (including phenoxy) is 1. The molecule has 0 heterocycles. The van der Waals surface area contributed by atoms with Crippen LogP contribution in [0.2, 0.25) is 0 Å². The number of amides is 1. The minimum Gasteiger partial charge on any atom is -0.444 e. The van der Waals surface area contributed by atoms with Crippen LogP contribution < -0.4 is 5.32 Å². The average molecular weight is 351 g/mol. The Morgan fingerprint density at radius 2 is 1.78 bits per heavy atom. The highest BCUT2D eigenvalue weighted by atomic mass is 32.2. The van der Waals surface area contributed by atoms with E-state index in [1.807, 2.05) is 0 Å². The molecule has 23 heavy (non-hydrogen) atoms. The molecule has 9 heteroatoms. The second-order valence-corrected chi connectivity index (χ2v) is 6.27. The van der Waals surface area contributed by atoms with Gasteiger partial charge in [0.25, 0.3) is 0 Å². The molecule has 0 bridgehead atoms. The van der Waals surface area contributed by atoms with Crippen molar-refractivity contribution < 1.29 is 31.7 Å². The molecule has 1 N–H and O–H groups in total. The molecule has 0 spiro atoms. The van der Waals surface area contributed by atoms with Crippen LogP contribution in [0.25, 0.3) is 0 Å². The van der Waals surface area contributed by atoms with Crippen molar-refractivity contribution >= 4 is 29.8 Å². The largest absolute Gasteiger partial charge is 0.444 e. The van der Waals surface area contributed by atoms with E-state index in [2.05, 4.69) is 9.50 Å². The van der Waals surface area contributed by atoms with Gasteiger partial charge in [-0.05, 0) is 39.0 Å². The van der Waals surface area contributed by atoms with Gasteiger partial charge in [0, 0.05) is 6.92 Å². The van der Waals surface area contributed by atoms with Gasteiger partial charge >= 0.3 is 18.2 Å². The van der Waals surface area contributed by atoms with Crippen molar-refractivity contribution in [1.29, 1.82) is 0 Å². The van der Waals surface area contributed by atoms with Crippen LogP contribution in [0.3, 0.4) is 0 Å². The summed E-state index contributed by atoms with van der Waals surface area (Å²) in [7, 11) is 0. The maximum Gasteiger partial charge on any atom is 0.416 e. The molecule has 0 fully saturated rings. The molecule has 5 nitrogen and oxygen atoms in total. The van der Waals surface area contributed by atoms with E-state index in [4.69, 9.17) is 4.74 Å². The van der Waals surface area contributed by atoms with Gasteiger partial charge in [0.05, 0.1) is 28.2 Å². The number of hydrogen-bond donors (Lipinski definition) is 1. The molecular formula is C14H16F3NO4S. The van der Waals surface area contributed by atoms with Crippen LogP contribution in [0.5, 0.6) is 0 Å². The zero-order valence-corrected chi connectivity index (χ0v) is 13.7. The zero-order chi connectivity index (χ0) is 17.8. The van der Waals surface area contributed by atoms with Crippen LogP contribution in [0, 0.1) is 0 Å². The normalized spacial score (nSPS) is 11.8. The Kier molecular flexibility index (Phi) is 5.92. The van der Waals surface area contributed by atoms with Gasteiger partial charge in [-0.3, -0.25) is 10.1 Å². The molecular weight excluding hydrogens is 335 g/mol. The summed E-state index contributed by atoms with van der Waals surface area (Å²) in [5, 5.41) is 2.33. The summed E-state index contributed by atoms with van der Waals surface area (Å²) in [5.41, 5.74) is -1.65. The fourth-order valence-electron chi connectivity index (χ4n) is 1.39. The summed E-state index contributed by atoms with van der Waals surface area (Å²) >= 11 is 0.426. The first-order valence-corrected chi connectivity index (χ1v) is 7.19. The first-order valence-electron chi connectivity index (χ1n) is 6.45. The van der Waals surface area contributed by atoms with E-state index >= 15 is 0 Å². The number of halogens is 3. The average Bonchev–Trinajstić information content (AvgIpc) is 2.33. The van der Waals surface area contributed by atoms with Crippen molar-refractivity contribution in [3.8, 4) is 0 Å². The fourth-order valence-corrected chi connectivity index (χ4v) is 1.98. The molecule has 0 unspecified atom stereocenters. The third-order valence-electron chi connectivity index (χ3n) is 2.19. The van der Waals surface area contributed by atoms with E-state index in [1.165, 1.54) is 0 Å². The number of rotatable bonds is 3. The second kappa shape index (κ2) is 7.12. The van der Waals surface area contributed by atoms with Crippen molar-refractivity contribution in [2.45, 2.75) is 44.4 Å². The van der Waals surface area contributed by atoms with Gasteiger partial charge in [-0.25, -0.2) is 4.79 Å². The number of nitrogens with one attached hydrogen (secondary N) is 1. The Morgan fingerprint density at radius 3 is 2.26 bits per heavy atom. The number of alkyl halides is 3. The lowest BCUT2D eigenvalue weighted by Crippen LogP contribution is -2.27. The lowest BCUT2D eigenvalue weighted by molar-refractivity contribution is -0.137. The molecule has 1 aromatic rings. The minimum absolute atomic E-state index is 0.0403. The predicted molar refractivity (Wildman–Crippen MR) is 78.9 cm³/mol. The Balaban J connectivity index is 3.04. The number of carbonyl (C=O) groups is 2. The number of anilines is 1. The summed E-state index contributed by atoms with van der Waals surface area (Å²) in [6.07, 6.45) is -5.39. The highest BCUT2D eigenvalue weighted by Crippen LogP contribution is 2.36. The van der Waals surface area contributed by atoms with Crippen molar-refractivity contribution in [3.63, 3.8) is 0 Å². The van der Waals surface area contributed by atoms with E-state index in [1.54, 1.807) is 20.8 Å². The molecule has 0 aliphatic rings. The van der Waals surface area contributed by atoms with Gasteiger partial charge in [0.2, 0.25) is 0 Å². The van der Waals surface area contributed by atoms with Crippen molar-refractivity contribution in [2.75, 3.05) is 5.32 Å². The highest BCUT2D eigenvalue weighted by molar-refractivity contribution is 7.95. The van der Waals surface area contributed by atoms with Crippen LogP contribution in [0.15, 0.2) is 23.1 Å². The minimum atomic E-state index is -4.56. The predicted octanol–water partition coefficient (Wildman–Crippen LogP) is 4.62. The van der Waals surface area contributed by atoms with Crippen molar-refractivity contribution in [3.05, 3.63) is 23.8 Å². The van der Waals surface area contributed by atoms with Crippen LogP contribution in [-0.2, 0) is 19.9 Å². The lowest BCUT2D eigenvalue weighted by Gasteiger charge is -2.20. The van der Waals surface area contributed by atoms with E-state index in [9.17, 15) is 22.8 Å². The number of carbonyl (C=O) groups excluding carboxylic acids is 2. The van der Waals surface area contributed by atoms with Crippen LogP contribution in [0.4, 0.5) is 23.7 Å². The Hall–Kier alpha value is -1.90. The summed E-state index contributed by atoms with van der Waals surface area (Å²) in [6.45, 7) is 6.05. The fraction of sp³-hybridized carbons (Fsp3) is 0.429. The van der Waals surface area contributed by atoms with Crippen LogP contribution in [0.1, 0.15) is 33.3 Å². The van der Waals surface area contributed by atoms with Gasteiger partial charge in [-0.2, -0.15) is 13.2 Å². The first-order chi connectivity index (χ1) is 10.4. The molecule has 1 amide bonds. The van der Waals surface area contributed by atoms with Crippen LogP contribution in [-0.4, -0.2) is 17.7 Å². The van der Waals surface area contributed by atoms with E-state index in [-0.39, 0.29) is 10.6 Å². The van der Waals surface area contributed by atoms with Gasteiger partial charge in [0.15, 0.2) is 0 Å². The van der Waals surface area contributed by atoms with Gasteiger partial charge < -0.3 is 8.92 Å². The van der Waals surface area contributed by atoms with Crippen LogP contribution >= 0.6 is 12.0 Å². The maximum absolute atomic E-state index is 12.8. The Bertz CT molecular complexity index is 597. The quantitative estimate of drug-likeness (QED) is 0.805. The first kappa shape index (κ1) is 19.1. The van der Waals surface area contributed by atoms with Gasteiger partial charge in [-0.1, -0.05) is 0 Å². The van der Waals surface area contributed by atoms with E-state index in [0.29, 0.717) is 12.0 Å². The summed E-state index contributed by atoms with van der Waals surface area (Å²) in [5.74, 6) is -0.685. The van der Waals surface area contributed by atoms with E-state index < -0.39 is 29.4 Å². The summed E-state index contributed by atoms with van der Waals surface area (Å²) in [6, 6.07) is 2.66. The topological polar surface area (TPSA) is 64.6 Å². The second-order valence-electron chi connectivity index (χ2n) is 5.49. The molecule has 0 aliphatic carbocycles. The Morgan fingerprint density at radius 1 is 1.17 bits per heavy atom. The molecule has 1 aromatic carbocycles. The number of benzene rings is 1. The third-order valence-corrected chi connectivity index (χ3v) is 3.03. The maximum atomic E-state index is 12.8. The highest BCUT2D eigenvalue weighted by Gasteiger charge is 2.31.